The first-order chi connectivity index (χ1) is 8.60. The highest BCUT2D eigenvalue weighted by Gasteiger charge is 2.05. The van der Waals surface area contributed by atoms with Gasteiger partial charge in [0.15, 0.2) is 0 Å². The van der Waals surface area contributed by atoms with E-state index in [9.17, 15) is 4.39 Å². The van der Waals surface area contributed by atoms with Crippen molar-refractivity contribution in [2.75, 3.05) is 5.32 Å². The van der Waals surface area contributed by atoms with Crippen LogP contribution < -0.4 is 5.32 Å². The number of nitriles is 1. The molecule has 0 amide bonds. The number of anilines is 2. The molecule has 18 heavy (non-hydrogen) atoms. The molecule has 0 fully saturated rings. The topological polar surface area (TPSA) is 35.8 Å². The minimum Gasteiger partial charge on any atom is -0.354 e. The van der Waals surface area contributed by atoms with Crippen molar-refractivity contribution in [2.24, 2.45) is 0 Å². The Morgan fingerprint density at radius 2 is 1.89 bits per heavy atom. The summed E-state index contributed by atoms with van der Waals surface area (Å²) < 4.78 is 13.4. The molecule has 0 saturated heterocycles. The Morgan fingerprint density at radius 3 is 2.50 bits per heavy atom. The van der Waals surface area contributed by atoms with Crippen molar-refractivity contribution in [3.05, 3.63) is 57.8 Å². The maximum Gasteiger partial charge on any atom is 0.143 e. The van der Waals surface area contributed by atoms with Crippen LogP contribution in [0.2, 0.25) is 10.0 Å². The molecule has 2 rings (SSSR count). The van der Waals surface area contributed by atoms with E-state index in [4.69, 9.17) is 28.5 Å². The fourth-order valence-corrected chi connectivity index (χ4v) is 1.89. The summed E-state index contributed by atoms with van der Waals surface area (Å²) in [7, 11) is 0. The maximum atomic E-state index is 13.4. The summed E-state index contributed by atoms with van der Waals surface area (Å²) >= 11 is 11.8. The Hall–Kier alpha value is -1.76. The molecule has 0 radical (unpaired) electrons. The quantitative estimate of drug-likeness (QED) is 0.862. The van der Waals surface area contributed by atoms with Crippen molar-refractivity contribution in [1.29, 1.82) is 5.26 Å². The zero-order valence-electron chi connectivity index (χ0n) is 9.05. The molecule has 0 spiro atoms. The van der Waals surface area contributed by atoms with Crippen LogP contribution in [0.3, 0.4) is 0 Å². The van der Waals surface area contributed by atoms with Crippen molar-refractivity contribution >= 4 is 34.6 Å². The lowest BCUT2D eigenvalue weighted by Crippen LogP contribution is -1.93. The van der Waals surface area contributed by atoms with Gasteiger partial charge in [0, 0.05) is 10.7 Å². The molecule has 90 valence electrons. The molecule has 5 heteroatoms. The zero-order valence-corrected chi connectivity index (χ0v) is 10.6. The van der Waals surface area contributed by atoms with Gasteiger partial charge in [-0.1, -0.05) is 23.2 Å². The highest BCUT2D eigenvalue weighted by molar-refractivity contribution is 6.36. The van der Waals surface area contributed by atoms with Gasteiger partial charge in [0.05, 0.1) is 16.3 Å². The van der Waals surface area contributed by atoms with Crippen LogP contribution in [-0.2, 0) is 0 Å². The van der Waals surface area contributed by atoms with Crippen LogP contribution in [0, 0.1) is 17.1 Å². The summed E-state index contributed by atoms with van der Waals surface area (Å²) in [6.45, 7) is 0. The number of hydrogen-bond acceptors (Lipinski definition) is 2. The minimum absolute atomic E-state index is 0.00255. The van der Waals surface area contributed by atoms with Crippen molar-refractivity contribution in [3.63, 3.8) is 0 Å². The van der Waals surface area contributed by atoms with Gasteiger partial charge in [-0.15, -0.1) is 0 Å². The lowest BCUT2D eigenvalue weighted by molar-refractivity contribution is 0.624. The highest BCUT2D eigenvalue weighted by Crippen LogP contribution is 2.28. The second-order valence-electron chi connectivity index (χ2n) is 3.56. The fraction of sp³-hybridized carbons (Fsp3) is 0. The molecule has 0 bridgehead atoms. The Kier molecular flexibility index (Phi) is 3.71. The van der Waals surface area contributed by atoms with Gasteiger partial charge < -0.3 is 5.32 Å². The molecule has 2 aromatic rings. The van der Waals surface area contributed by atoms with Gasteiger partial charge in [-0.25, -0.2) is 4.39 Å². The van der Waals surface area contributed by atoms with E-state index >= 15 is 0 Å². The van der Waals surface area contributed by atoms with E-state index in [1.807, 2.05) is 0 Å². The Bertz CT molecular complexity index is 635. The number of nitrogens with one attached hydrogen (secondary N) is 1. The lowest BCUT2D eigenvalue weighted by atomic mass is 10.2. The van der Waals surface area contributed by atoms with Gasteiger partial charge in [0.2, 0.25) is 0 Å². The van der Waals surface area contributed by atoms with E-state index < -0.39 is 5.82 Å². The predicted molar refractivity (Wildman–Crippen MR) is 70.9 cm³/mol. The van der Waals surface area contributed by atoms with E-state index in [2.05, 4.69) is 5.32 Å². The second kappa shape index (κ2) is 5.26. The first kappa shape index (κ1) is 12.7. The van der Waals surface area contributed by atoms with Gasteiger partial charge >= 0.3 is 0 Å². The van der Waals surface area contributed by atoms with E-state index in [1.54, 1.807) is 30.3 Å². The summed E-state index contributed by atoms with van der Waals surface area (Å²) in [6.07, 6.45) is 0. The Labute approximate surface area is 114 Å². The van der Waals surface area contributed by atoms with E-state index in [0.717, 1.165) is 0 Å². The minimum atomic E-state index is -0.576. The number of hydrogen-bond donors (Lipinski definition) is 1. The molecular weight excluding hydrogens is 274 g/mol. The van der Waals surface area contributed by atoms with E-state index in [-0.39, 0.29) is 5.56 Å². The Balaban J connectivity index is 2.29. The normalized spacial score (nSPS) is 9.89. The third kappa shape index (κ3) is 2.73. The van der Waals surface area contributed by atoms with Crippen molar-refractivity contribution in [1.82, 2.24) is 0 Å². The lowest BCUT2D eigenvalue weighted by Gasteiger charge is -2.09. The largest absolute Gasteiger partial charge is 0.354 e. The predicted octanol–water partition coefficient (Wildman–Crippen LogP) is 4.75. The fourth-order valence-electron chi connectivity index (χ4n) is 1.43. The number of nitrogens with zero attached hydrogens (tertiary/aromatic N) is 1. The second-order valence-corrected chi connectivity index (χ2v) is 4.40. The highest BCUT2D eigenvalue weighted by atomic mass is 35.5. The molecular formula is C13H7Cl2FN2. The summed E-state index contributed by atoms with van der Waals surface area (Å²) in [5.74, 6) is -0.576. The van der Waals surface area contributed by atoms with Crippen LogP contribution in [0.4, 0.5) is 15.8 Å². The van der Waals surface area contributed by atoms with Crippen LogP contribution >= 0.6 is 23.2 Å². The molecule has 0 aliphatic rings. The molecule has 0 aliphatic carbocycles. The summed E-state index contributed by atoms with van der Waals surface area (Å²) in [6, 6.07) is 11.0. The monoisotopic (exact) mass is 280 g/mol. The molecule has 0 aromatic heterocycles. The average Bonchev–Trinajstić information content (AvgIpc) is 2.33. The van der Waals surface area contributed by atoms with Crippen LogP contribution in [0.5, 0.6) is 0 Å². The van der Waals surface area contributed by atoms with Gasteiger partial charge in [0.25, 0.3) is 0 Å². The smallest absolute Gasteiger partial charge is 0.143 e. The molecule has 0 aliphatic heterocycles. The summed E-state index contributed by atoms with van der Waals surface area (Å²) in [5, 5.41) is 12.5. The van der Waals surface area contributed by atoms with Gasteiger partial charge in [-0.2, -0.15) is 5.26 Å². The Morgan fingerprint density at radius 1 is 1.11 bits per heavy atom. The molecule has 0 unspecified atom stereocenters. The number of halogens is 3. The van der Waals surface area contributed by atoms with Gasteiger partial charge in [-0.05, 0) is 36.4 Å². The first-order valence-electron chi connectivity index (χ1n) is 5.02. The van der Waals surface area contributed by atoms with Crippen molar-refractivity contribution in [2.45, 2.75) is 0 Å². The number of rotatable bonds is 2. The SMILES string of the molecule is N#Cc1ccc(Nc2ccc(Cl)cc2Cl)cc1F. The van der Waals surface area contributed by atoms with Crippen LogP contribution in [0.1, 0.15) is 5.56 Å². The molecule has 0 atom stereocenters. The van der Waals surface area contributed by atoms with E-state index in [0.29, 0.717) is 21.4 Å². The van der Waals surface area contributed by atoms with Crippen molar-refractivity contribution in [3.8, 4) is 6.07 Å². The van der Waals surface area contributed by atoms with Crippen LogP contribution in [-0.4, -0.2) is 0 Å². The molecule has 2 nitrogen and oxygen atoms in total. The molecule has 0 saturated carbocycles. The van der Waals surface area contributed by atoms with Gasteiger partial charge in [0.1, 0.15) is 11.9 Å². The molecule has 0 heterocycles. The standard InChI is InChI=1S/C13H7Cl2FN2/c14-9-2-4-13(11(15)5-9)18-10-3-1-8(7-17)12(16)6-10/h1-6,18H. The third-order valence-electron chi connectivity index (χ3n) is 2.30. The molecule has 1 N–H and O–H groups in total. The number of benzene rings is 2. The van der Waals surface area contributed by atoms with E-state index in [1.165, 1.54) is 12.1 Å². The first-order valence-corrected chi connectivity index (χ1v) is 5.77. The third-order valence-corrected chi connectivity index (χ3v) is 2.85. The summed E-state index contributed by atoms with van der Waals surface area (Å²) in [4.78, 5) is 0. The average molecular weight is 281 g/mol. The van der Waals surface area contributed by atoms with Crippen molar-refractivity contribution < 1.29 is 4.39 Å². The van der Waals surface area contributed by atoms with Gasteiger partial charge in [-0.3, -0.25) is 0 Å². The zero-order chi connectivity index (χ0) is 13.1. The molecule has 2 aromatic carbocycles. The summed E-state index contributed by atoms with van der Waals surface area (Å²) in [5.41, 5.74) is 1.13. The maximum absolute atomic E-state index is 13.4. The van der Waals surface area contributed by atoms with Crippen LogP contribution in [0.15, 0.2) is 36.4 Å². The van der Waals surface area contributed by atoms with Crippen LogP contribution in [0.25, 0.3) is 0 Å².